The maximum atomic E-state index is 11.2. The number of rotatable bonds is 2. The lowest BCUT2D eigenvalue weighted by molar-refractivity contribution is 0.0597. The highest BCUT2D eigenvalue weighted by atomic mass is 16.5. The van der Waals surface area contributed by atoms with Gasteiger partial charge in [0, 0.05) is 0 Å². The van der Waals surface area contributed by atoms with E-state index in [4.69, 9.17) is 4.74 Å². The van der Waals surface area contributed by atoms with Crippen molar-refractivity contribution in [3.8, 4) is 5.75 Å². The third-order valence-electron chi connectivity index (χ3n) is 1.67. The molecule has 0 atom stereocenters. The van der Waals surface area contributed by atoms with Gasteiger partial charge in [0.15, 0.2) is 0 Å². The first kappa shape index (κ1) is 9.58. The van der Waals surface area contributed by atoms with E-state index in [0.717, 1.165) is 5.56 Å². The van der Waals surface area contributed by atoms with Crippen LogP contribution in [-0.4, -0.2) is 20.2 Å². The highest BCUT2D eigenvalue weighted by Gasteiger charge is 2.11. The van der Waals surface area contributed by atoms with Gasteiger partial charge in [0.2, 0.25) is 0 Å². The highest BCUT2D eigenvalue weighted by molar-refractivity contribution is 5.92. The van der Waals surface area contributed by atoms with Crippen molar-refractivity contribution in [3.63, 3.8) is 0 Å². The first-order valence-corrected chi connectivity index (χ1v) is 3.77. The Hall–Kier alpha value is -1.51. The topological polar surface area (TPSA) is 35.5 Å². The van der Waals surface area contributed by atoms with E-state index in [1.165, 1.54) is 14.2 Å². The molecule has 0 saturated heterocycles. The summed E-state index contributed by atoms with van der Waals surface area (Å²) in [5, 5.41) is 0. The van der Waals surface area contributed by atoms with Crippen molar-refractivity contribution in [1.29, 1.82) is 0 Å². The third-order valence-corrected chi connectivity index (χ3v) is 1.67. The van der Waals surface area contributed by atoms with Crippen molar-refractivity contribution in [3.05, 3.63) is 36.2 Å². The molecule has 0 unspecified atom stereocenters. The molecule has 0 fully saturated rings. The van der Waals surface area contributed by atoms with Crippen molar-refractivity contribution in [1.82, 2.24) is 0 Å². The molecule has 0 saturated carbocycles. The van der Waals surface area contributed by atoms with E-state index in [9.17, 15) is 4.79 Å². The summed E-state index contributed by atoms with van der Waals surface area (Å²) in [6.07, 6.45) is 0. The summed E-state index contributed by atoms with van der Waals surface area (Å²) in [5.41, 5.74) is 1.21. The third kappa shape index (κ3) is 1.99. The van der Waals surface area contributed by atoms with Crippen LogP contribution in [0.4, 0.5) is 0 Å². The van der Waals surface area contributed by atoms with Gasteiger partial charge in [0.25, 0.3) is 0 Å². The molecule has 0 aromatic heterocycles. The Bertz CT molecular complexity index is 318. The molecule has 0 bridgehead atoms. The fourth-order valence-electron chi connectivity index (χ4n) is 1.01. The summed E-state index contributed by atoms with van der Waals surface area (Å²) < 4.78 is 9.59. The summed E-state index contributed by atoms with van der Waals surface area (Å²) in [5.74, 6) is 0.0798. The SMILES string of the molecule is [CH2]c1ccc(C(=O)OC)c(OC)c1. The molecule has 0 aliphatic heterocycles. The fourth-order valence-corrected chi connectivity index (χ4v) is 1.01. The van der Waals surface area contributed by atoms with E-state index in [2.05, 4.69) is 11.7 Å². The molecular formula is C10H11O3. The van der Waals surface area contributed by atoms with E-state index >= 15 is 0 Å². The average molecular weight is 179 g/mol. The molecule has 3 heteroatoms. The standard InChI is InChI=1S/C10H11O3/c1-7-4-5-8(10(11)13-3)9(6-7)12-2/h4-6H,1H2,2-3H3. The Morgan fingerprint density at radius 2 is 2.08 bits per heavy atom. The maximum Gasteiger partial charge on any atom is 0.341 e. The molecule has 1 radical (unpaired) electrons. The van der Waals surface area contributed by atoms with Gasteiger partial charge in [-0.05, 0) is 24.6 Å². The van der Waals surface area contributed by atoms with Crippen LogP contribution < -0.4 is 4.74 Å². The Balaban J connectivity index is 3.13. The quantitative estimate of drug-likeness (QED) is 0.648. The van der Waals surface area contributed by atoms with E-state index in [-0.39, 0.29) is 0 Å². The van der Waals surface area contributed by atoms with Crippen LogP contribution in [0.15, 0.2) is 18.2 Å². The zero-order chi connectivity index (χ0) is 9.84. The lowest BCUT2D eigenvalue weighted by Crippen LogP contribution is -2.03. The molecule has 0 aliphatic rings. The molecular weight excluding hydrogens is 168 g/mol. The lowest BCUT2D eigenvalue weighted by Gasteiger charge is -2.06. The molecule has 13 heavy (non-hydrogen) atoms. The Morgan fingerprint density at radius 3 is 2.62 bits per heavy atom. The first-order chi connectivity index (χ1) is 6.19. The molecule has 0 heterocycles. The molecule has 69 valence electrons. The summed E-state index contributed by atoms with van der Waals surface area (Å²) >= 11 is 0. The van der Waals surface area contributed by atoms with Gasteiger partial charge in [-0.15, -0.1) is 0 Å². The normalized spacial score (nSPS) is 9.46. The molecule has 1 aromatic rings. The average Bonchev–Trinajstić information content (AvgIpc) is 2.16. The number of carbonyl (C=O) groups is 1. The monoisotopic (exact) mass is 179 g/mol. The van der Waals surface area contributed by atoms with Crippen molar-refractivity contribution in [2.24, 2.45) is 0 Å². The fraction of sp³-hybridized carbons (Fsp3) is 0.200. The van der Waals surface area contributed by atoms with Crippen LogP contribution in [0.3, 0.4) is 0 Å². The molecule has 0 spiro atoms. The molecule has 0 N–H and O–H groups in total. The van der Waals surface area contributed by atoms with Crippen LogP contribution >= 0.6 is 0 Å². The molecule has 0 amide bonds. The summed E-state index contributed by atoms with van der Waals surface area (Å²) in [6.45, 7) is 3.72. The van der Waals surface area contributed by atoms with Gasteiger partial charge in [0.05, 0.1) is 14.2 Å². The van der Waals surface area contributed by atoms with Gasteiger partial charge in [-0.1, -0.05) is 6.07 Å². The van der Waals surface area contributed by atoms with Crippen molar-refractivity contribution in [2.45, 2.75) is 0 Å². The maximum absolute atomic E-state index is 11.2. The predicted octanol–water partition coefficient (Wildman–Crippen LogP) is 1.66. The van der Waals surface area contributed by atoms with Crippen molar-refractivity contribution in [2.75, 3.05) is 14.2 Å². The minimum absolute atomic E-state index is 0.406. The number of esters is 1. The highest BCUT2D eigenvalue weighted by Crippen LogP contribution is 2.20. The van der Waals surface area contributed by atoms with Gasteiger partial charge < -0.3 is 9.47 Å². The predicted molar refractivity (Wildman–Crippen MR) is 48.8 cm³/mol. The Morgan fingerprint density at radius 1 is 1.38 bits per heavy atom. The second-order valence-electron chi connectivity index (χ2n) is 2.53. The summed E-state index contributed by atoms with van der Waals surface area (Å²) in [6, 6.07) is 5.05. The zero-order valence-electron chi connectivity index (χ0n) is 7.66. The number of hydrogen-bond acceptors (Lipinski definition) is 3. The molecule has 1 rings (SSSR count). The number of benzene rings is 1. The largest absolute Gasteiger partial charge is 0.496 e. The lowest BCUT2D eigenvalue weighted by atomic mass is 10.1. The minimum Gasteiger partial charge on any atom is -0.496 e. The van der Waals surface area contributed by atoms with Crippen LogP contribution in [-0.2, 0) is 4.74 Å². The van der Waals surface area contributed by atoms with E-state index in [1.54, 1.807) is 18.2 Å². The minimum atomic E-state index is -0.406. The van der Waals surface area contributed by atoms with Gasteiger partial charge in [0.1, 0.15) is 11.3 Å². The van der Waals surface area contributed by atoms with Crippen LogP contribution in [0, 0.1) is 6.92 Å². The second kappa shape index (κ2) is 3.94. The van der Waals surface area contributed by atoms with E-state index in [1.807, 2.05) is 0 Å². The Kier molecular flexibility index (Phi) is 2.90. The van der Waals surface area contributed by atoms with Crippen LogP contribution in [0.25, 0.3) is 0 Å². The zero-order valence-corrected chi connectivity index (χ0v) is 7.66. The van der Waals surface area contributed by atoms with Crippen LogP contribution in [0.2, 0.25) is 0 Å². The van der Waals surface area contributed by atoms with Gasteiger partial charge >= 0.3 is 5.97 Å². The second-order valence-corrected chi connectivity index (χ2v) is 2.53. The van der Waals surface area contributed by atoms with E-state index in [0.29, 0.717) is 11.3 Å². The summed E-state index contributed by atoms with van der Waals surface area (Å²) in [4.78, 5) is 11.2. The number of hydrogen-bond donors (Lipinski definition) is 0. The number of methoxy groups -OCH3 is 2. The smallest absolute Gasteiger partial charge is 0.341 e. The summed E-state index contributed by atoms with van der Waals surface area (Å²) in [7, 11) is 2.83. The Labute approximate surface area is 77.3 Å². The first-order valence-electron chi connectivity index (χ1n) is 3.77. The van der Waals surface area contributed by atoms with Gasteiger partial charge in [-0.25, -0.2) is 4.79 Å². The number of carbonyl (C=O) groups excluding carboxylic acids is 1. The van der Waals surface area contributed by atoms with Gasteiger partial charge in [-0.3, -0.25) is 0 Å². The van der Waals surface area contributed by atoms with Crippen molar-refractivity contribution < 1.29 is 14.3 Å². The molecule has 3 nitrogen and oxygen atoms in total. The van der Waals surface area contributed by atoms with Crippen molar-refractivity contribution >= 4 is 5.97 Å². The van der Waals surface area contributed by atoms with Gasteiger partial charge in [-0.2, -0.15) is 0 Å². The molecule has 1 aromatic carbocycles. The van der Waals surface area contributed by atoms with Crippen LogP contribution in [0.1, 0.15) is 15.9 Å². The molecule has 0 aliphatic carbocycles. The van der Waals surface area contributed by atoms with Crippen LogP contribution in [0.5, 0.6) is 5.75 Å². The van der Waals surface area contributed by atoms with E-state index < -0.39 is 5.97 Å². The number of ether oxygens (including phenoxy) is 2.